The predicted molar refractivity (Wildman–Crippen MR) is 76.8 cm³/mol. The lowest BCUT2D eigenvalue weighted by Crippen LogP contribution is -2.48. The van der Waals surface area contributed by atoms with Gasteiger partial charge < -0.3 is 9.80 Å². The molecule has 3 heteroatoms. The van der Waals surface area contributed by atoms with E-state index in [1.807, 2.05) is 20.8 Å². The van der Waals surface area contributed by atoms with Gasteiger partial charge in [0.2, 0.25) is 0 Å². The van der Waals surface area contributed by atoms with Gasteiger partial charge in [-0.2, -0.15) is 0 Å². The Labute approximate surface area is 113 Å². The zero-order chi connectivity index (χ0) is 13.8. The second-order valence-corrected chi connectivity index (χ2v) is 6.96. The fourth-order valence-electron chi connectivity index (χ4n) is 2.35. The Bertz CT molecular complexity index is 260. The standard InChI is InChI=1S/C15H30N2O/c1-13(2)12-17-10-8-16(9-11-17)7-6-14(18)15(3,4)5/h13H,6-12H2,1-5H3. The summed E-state index contributed by atoms with van der Waals surface area (Å²) in [6, 6.07) is 0. The summed E-state index contributed by atoms with van der Waals surface area (Å²) in [5.74, 6) is 1.13. The van der Waals surface area contributed by atoms with Crippen LogP contribution in [0, 0.1) is 11.3 Å². The number of rotatable bonds is 5. The van der Waals surface area contributed by atoms with Gasteiger partial charge in [-0.15, -0.1) is 0 Å². The Morgan fingerprint density at radius 1 is 1.06 bits per heavy atom. The SMILES string of the molecule is CC(C)CN1CCN(CCC(=O)C(C)(C)C)CC1. The average molecular weight is 254 g/mol. The Morgan fingerprint density at radius 2 is 1.56 bits per heavy atom. The van der Waals surface area contributed by atoms with Gasteiger partial charge in [-0.05, 0) is 5.92 Å². The van der Waals surface area contributed by atoms with Crippen LogP contribution in [0.3, 0.4) is 0 Å². The first-order valence-corrected chi connectivity index (χ1v) is 7.27. The van der Waals surface area contributed by atoms with E-state index in [1.54, 1.807) is 0 Å². The summed E-state index contributed by atoms with van der Waals surface area (Å²) in [5.41, 5.74) is -0.181. The van der Waals surface area contributed by atoms with Gasteiger partial charge in [0.15, 0.2) is 0 Å². The highest BCUT2D eigenvalue weighted by Crippen LogP contribution is 2.17. The second-order valence-electron chi connectivity index (χ2n) is 6.96. The minimum atomic E-state index is -0.181. The maximum Gasteiger partial charge on any atom is 0.139 e. The smallest absolute Gasteiger partial charge is 0.139 e. The van der Waals surface area contributed by atoms with Crippen LogP contribution in [0.4, 0.5) is 0 Å². The summed E-state index contributed by atoms with van der Waals surface area (Å²) in [5, 5.41) is 0. The highest BCUT2D eigenvalue weighted by Gasteiger charge is 2.23. The van der Waals surface area contributed by atoms with Gasteiger partial charge in [0.1, 0.15) is 5.78 Å². The molecular weight excluding hydrogens is 224 g/mol. The predicted octanol–water partition coefficient (Wildman–Crippen LogP) is 2.27. The van der Waals surface area contributed by atoms with E-state index >= 15 is 0 Å². The molecule has 1 fully saturated rings. The van der Waals surface area contributed by atoms with Gasteiger partial charge in [0.05, 0.1) is 0 Å². The third-order valence-electron chi connectivity index (χ3n) is 3.58. The number of piperazine rings is 1. The minimum Gasteiger partial charge on any atom is -0.301 e. The van der Waals surface area contributed by atoms with Crippen molar-refractivity contribution in [3.63, 3.8) is 0 Å². The molecule has 0 aromatic rings. The Balaban J connectivity index is 2.22. The fourth-order valence-corrected chi connectivity index (χ4v) is 2.35. The summed E-state index contributed by atoms with van der Waals surface area (Å²) in [4.78, 5) is 16.8. The number of ketones is 1. The topological polar surface area (TPSA) is 23.6 Å². The maximum atomic E-state index is 11.9. The summed E-state index contributed by atoms with van der Waals surface area (Å²) in [6.07, 6.45) is 0.702. The summed E-state index contributed by atoms with van der Waals surface area (Å²) < 4.78 is 0. The molecule has 1 aliphatic heterocycles. The van der Waals surface area contributed by atoms with Crippen LogP contribution < -0.4 is 0 Å². The molecule has 0 unspecified atom stereocenters. The molecule has 3 nitrogen and oxygen atoms in total. The van der Waals surface area contributed by atoms with Crippen LogP contribution in [-0.4, -0.2) is 54.9 Å². The molecule has 0 spiro atoms. The van der Waals surface area contributed by atoms with Crippen molar-refractivity contribution >= 4 is 5.78 Å². The molecule has 1 heterocycles. The van der Waals surface area contributed by atoms with Gasteiger partial charge in [0, 0.05) is 51.1 Å². The molecule has 18 heavy (non-hydrogen) atoms. The number of hydrogen-bond acceptors (Lipinski definition) is 3. The first-order valence-electron chi connectivity index (χ1n) is 7.27. The van der Waals surface area contributed by atoms with Crippen molar-refractivity contribution in [3.05, 3.63) is 0 Å². The maximum absolute atomic E-state index is 11.9. The molecule has 0 aliphatic carbocycles. The van der Waals surface area contributed by atoms with Crippen molar-refractivity contribution in [1.82, 2.24) is 9.80 Å². The van der Waals surface area contributed by atoms with Crippen molar-refractivity contribution in [2.45, 2.75) is 41.0 Å². The molecule has 1 saturated heterocycles. The number of hydrogen-bond donors (Lipinski definition) is 0. The van der Waals surface area contributed by atoms with Crippen LogP contribution in [0.15, 0.2) is 0 Å². The van der Waals surface area contributed by atoms with Gasteiger partial charge in [-0.25, -0.2) is 0 Å². The molecule has 0 radical (unpaired) electrons. The van der Waals surface area contributed by atoms with Crippen molar-refractivity contribution in [1.29, 1.82) is 0 Å². The van der Waals surface area contributed by atoms with Crippen LogP contribution >= 0.6 is 0 Å². The summed E-state index contributed by atoms with van der Waals surface area (Å²) >= 11 is 0. The quantitative estimate of drug-likeness (QED) is 0.752. The molecule has 0 aromatic heterocycles. The largest absolute Gasteiger partial charge is 0.301 e. The first kappa shape index (κ1) is 15.6. The molecule has 0 amide bonds. The van der Waals surface area contributed by atoms with E-state index in [0.717, 1.165) is 38.6 Å². The monoisotopic (exact) mass is 254 g/mol. The average Bonchev–Trinajstić information content (AvgIpc) is 2.25. The first-order chi connectivity index (χ1) is 8.29. The van der Waals surface area contributed by atoms with E-state index in [0.29, 0.717) is 12.2 Å². The van der Waals surface area contributed by atoms with E-state index in [4.69, 9.17) is 0 Å². The normalized spacial score (nSPS) is 19.4. The minimum absolute atomic E-state index is 0.181. The summed E-state index contributed by atoms with van der Waals surface area (Å²) in [7, 11) is 0. The third kappa shape index (κ3) is 5.49. The highest BCUT2D eigenvalue weighted by molar-refractivity contribution is 5.83. The van der Waals surface area contributed by atoms with Crippen LogP contribution in [0.5, 0.6) is 0 Å². The van der Waals surface area contributed by atoms with Crippen molar-refractivity contribution < 1.29 is 4.79 Å². The van der Waals surface area contributed by atoms with Crippen molar-refractivity contribution in [2.75, 3.05) is 39.3 Å². The number of carbonyl (C=O) groups excluding carboxylic acids is 1. The summed E-state index contributed by atoms with van der Waals surface area (Å²) in [6.45, 7) is 17.3. The van der Waals surface area contributed by atoms with Crippen molar-refractivity contribution in [3.8, 4) is 0 Å². The Kier molecular flexibility index (Phi) is 5.80. The molecule has 0 aromatic carbocycles. The molecule has 0 N–H and O–H groups in total. The zero-order valence-electron chi connectivity index (χ0n) is 12.8. The van der Waals surface area contributed by atoms with Crippen LogP contribution in [-0.2, 0) is 4.79 Å². The number of nitrogens with zero attached hydrogens (tertiary/aromatic N) is 2. The van der Waals surface area contributed by atoms with Crippen molar-refractivity contribution in [2.24, 2.45) is 11.3 Å². The Hall–Kier alpha value is -0.410. The lowest BCUT2D eigenvalue weighted by molar-refractivity contribution is -0.126. The van der Waals surface area contributed by atoms with E-state index in [2.05, 4.69) is 23.6 Å². The van der Waals surface area contributed by atoms with Crippen LogP contribution in [0.2, 0.25) is 0 Å². The molecule has 0 saturated carbocycles. The molecule has 1 rings (SSSR count). The van der Waals surface area contributed by atoms with E-state index < -0.39 is 0 Å². The van der Waals surface area contributed by atoms with Crippen LogP contribution in [0.25, 0.3) is 0 Å². The van der Waals surface area contributed by atoms with Gasteiger partial charge in [0.25, 0.3) is 0 Å². The van der Waals surface area contributed by atoms with Gasteiger partial charge in [-0.1, -0.05) is 34.6 Å². The third-order valence-corrected chi connectivity index (χ3v) is 3.58. The lowest BCUT2D eigenvalue weighted by atomic mass is 9.89. The molecular formula is C15H30N2O. The fraction of sp³-hybridized carbons (Fsp3) is 0.933. The molecule has 106 valence electrons. The van der Waals surface area contributed by atoms with Crippen LogP contribution in [0.1, 0.15) is 41.0 Å². The van der Waals surface area contributed by atoms with Gasteiger partial charge >= 0.3 is 0 Å². The number of carbonyl (C=O) groups is 1. The van der Waals surface area contributed by atoms with E-state index in [-0.39, 0.29) is 5.41 Å². The highest BCUT2D eigenvalue weighted by atomic mass is 16.1. The second kappa shape index (κ2) is 6.67. The van der Waals surface area contributed by atoms with E-state index in [9.17, 15) is 4.79 Å². The molecule has 1 aliphatic rings. The molecule has 0 atom stereocenters. The molecule has 0 bridgehead atoms. The zero-order valence-corrected chi connectivity index (χ0v) is 12.8. The van der Waals surface area contributed by atoms with E-state index in [1.165, 1.54) is 6.54 Å². The number of Topliss-reactive ketones (excluding diaryl/α,β-unsaturated/α-hetero) is 1. The van der Waals surface area contributed by atoms with Gasteiger partial charge in [-0.3, -0.25) is 4.79 Å². The Morgan fingerprint density at radius 3 is 2.00 bits per heavy atom. The lowest BCUT2D eigenvalue weighted by Gasteiger charge is -2.35.